The zero-order valence-electron chi connectivity index (χ0n) is 12.2. The molecule has 1 aromatic carbocycles. The average molecular weight is 315 g/mol. The van der Waals surface area contributed by atoms with Gasteiger partial charge in [-0.1, -0.05) is 42.5 Å². The number of imidazole rings is 1. The Balaban J connectivity index is 1.71. The molecule has 0 aliphatic heterocycles. The van der Waals surface area contributed by atoms with Crippen molar-refractivity contribution in [3.05, 3.63) is 52.6 Å². The Morgan fingerprint density at radius 3 is 2.91 bits per heavy atom. The summed E-state index contributed by atoms with van der Waals surface area (Å²) >= 11 is 5.18. The maximum Gasteiger partial charge on any atom is 0.214 e. The van der Waals surface area contributed by atoms with Crippen molar-refractivity contribution in [3.8, 4) is 0 Å². The second kappa shape index (κ2) is 6.25. The number of H-pyrrole nitrogens is 1. The van der Waals surface area contributed by atoms with Crippen LogP contribution in [0.5, 0.6) is 0 Å². The summed E-state index contributed by atoms with van der Waals surface area (Å²) < 4.78 is 8.08. The van der Waals surface area contributed by atoms with Gasteiger partial charge in [-0.15, -0.1) is 0 Å². The molecule has 1 atom stereocenters. The van der Waals surface area contributed by atoms with Gasteiger partial charge in [-0.2, -0.15) is 0 Å². The smallest absolute Gasteiger partial charge is 0.214 e. The van der Waals surface area contributed by atoms with Gasteiger partial charge in [0.2, 0.25) is 5.95 Å². The van der Waals surface area contributed by atoms with Crippen LogP contribution in [0, 0.1) is 4.64 Å². The van der Waals surface area contributed by atoms with Crippen LogP contribution < -0.4 is 5.73 Å². The maximum atomic E-state index is 5.87. The molecular formula is C15H17N5OS. The lowest BCUT2D eigenvalue weighted by atomic mass is 10.2. The SMILES string of the molecule is C[C@H](Cc1ncc2c(=S)nc(N)[nH]n12)OCc1ccccc1. The number of aromatic amines is 1. The van der Waals surface area contributed by atoms with Gasteiger partial charge in [0.05, 0.1) is 18.9 Å². The number of rotatable bonds is 5. The second-order valence-electron chi connectivity index (χ2n) is 5.12. The number of ether oxygens (including phenoxy) is 1. The van der Waals surface area contributed by atoms with Gasteiger partial charge in [0, 0.05) is 6.42 Å². The highest BCUT2D eigenvalue weighted by Crippen LogP contribution is 2.11. The third-order valence-electron chi connectivity index (χ3n) is 3.35. The molecule has 3 aromatic rings. The lowest BCUT2D eigenvalue weighted by Gasteiger charge is -2.12. The van der Waals surface area contributed by atoms with E-state index in [1.807, 2.05) is 37.3 Å². The quantitative estimate of drug-likeness (QED) is 0.707. The van der Waals surface area contributed by atoms with E-state index in [1.54, 1.807) is 10.7 Å². The second-order valence-corrected chi connectivity index (χ2v) is 5.51. The highest BCUT2D eigenvalue weighted by Gasteiger charge is 2.11. The number of hydrogen-bond donors (Lipinski definition) is 2. The molecule has 6 nitrogen and oxygen atoms in total. The third kappa shape index (κ3) is 3.15. The van der Waals surface area contributed by atoms with E-state index in [9.17, 15) is 0 Å². The first-order valence-corrected chi connectivity index (χ1v) is 7.42. The van der Waals surface area contributed by atoms with Crippen molar-refractivity contribution < 1.29 is 4.74 Å². The minimum Gasteiger partial charge on any atom is -0.373 e. The molecule has 0 spiro atoms. The Labute approximate surface area is 133 Å². The van der Waals surface area contributed by atoms with Gasteiger partial charge >= 0.3 is 0 Å². The number of anilines is 1. The first kappa shape index (κ1) is 14.7. The van der Waals surface area contributed by atoms with E-state index in [2.05, 4.69) is 15.1 Å². The molecule has 0 aliphatic carbocycles. The van der Waals surface area contributed by atoms with Crippen molar-refractivity contribution in [2.75, 3.05) is 5.73 Å². The molecule has 2 aromatic heterocycles. The topological polar surface area (TPSA) is 81.2 Å². The molecule has 0 fully saturated rings. The van der Waals surface area contributed by atoms with Crippen LogP contribution in [-0.4, -0.2) is 25.7 Å². The number of aromatic nitrogens is 4. The lowest BCUT2D eigenvalue weighted by Crippen LogP contribution is -2.15. The van der Waals surface area contributed by atoms with Crippen LogP contribution >= 0.6 is 12.2 Å². The fraction of sp³-hybridized carbons (Fsp3) is 0.267. The van der Waals surface area contributed by atoms with Crippen LogP contribution in [0.4, 0.5) is 5.95 Å². The van der Waals surface area contributed by atoms with Crippen molar-refractivity contribution in [3.63, 3.8) is 0 Å². The fourth-order valence-corrected chi connectivity index (χ4v) is 2.49. The first-order valence-electron chi connectivity index (χ1n) is 7.01. The molecule has 0 amide bonds. The van der Waals surface area contributed by atoms with E-state index in [-0.39, 0.29) is 12.1 Å². The van der Waals surface area contributed by atoms with E-state index < -0.39 is 0 Å². The van der Waals surface area contributed by atoms with Gasteiger partial charge in [0.1, 0.15) is 11.3 Å². The highest BCUT2D eigenvalue weighted by atomic mass is 32.1. The van der Waals surface area contributed by atoms with Crippen molar-refractivity contribution in [1.29, 1.82) is 0 Å². The summed E-state index contributed by atoms with van der Waals surface area (Å²) in [4.78, 5) is 8.40. The van der Waals surface area contributed by atoms with Crippen LogP contribution in [0.25, 0.3) is 5.52 Å². The van der Waals surface area contributed by atoms with E-state index in [0.29, 0.717) is 17.7 Å². The Morgan fingerprint density at radius 2 is 2.14 bits per heavy atom. The van der Waals surface area contributed by atoms with E-state index in [1.165, 1.54) is 0 Å². The highest BCUT2D eigenvalue weighted by molar-refractivity contribution is 7.71. The minimum atomic E-state index is 0.0159. The van der Waals surface area contributed by atoms with Crippen molar-refractivity contribution in [2.45, 2.75) is 26.1 Å². The molecule has 3 rings (SSSR count). The van der Waals surface area contributed by atoms with Gasteiger partial charge in [-0.05, 0) is 12.5 Å². The Bertz CT molecular complexity index is 827. The van der Waals surface area contributed by atoms with Crippen molar-refractivity contribution in [2.24, 2.45) is 0 Å². The largest absolute Gasteiger partial charge is 0.373 e. The van der Waals surface area contributed by atoms with E-state index in [4.69, 9.17) is 22.7 Å². The maximum absolute atomic E-state index is 5.87. The number of nitrogens with one attached hydrogen (secondary N) is 1. The molecule has 0 radical (unpaired) electrons. The molecule has 114 valence electrons. The van der Waals surface area contributed by atoms with Gasteiger partial charge in [0.25, 0.3) is 0 Å². The number of benzene rings is 1. The number of nitrogen functional groups attached to an aromatic ring is 1. The van der Waals surface area contributed by atoms with Crippen LogP contribution in [-0.2, 0) is 17.8 Å². The Kier molecular flexibility index (Phi) is 4.17. The average Bonchev–Trinajstić information content (AvgIpc) is 2.89. The molecule has 22 heavy (non-hydrogen) atoms. The molecule has 0 saturated carbocycles. The van der Waals surface area contributed by atoms with Crippen LogP contribution in [0.3, 0.4) is 0 Å². The van der Waals surface area contributed by atoms with Crippen molar-refractivity contribution in [1.82, 2.24) is 19.6 Å². The van der Waals surface area contributed by atoms with Crippen molar-refractivity contribution >= 4 is 23.7 Å². The monoisotopic (exact) mass is 315 g/mol. The number of fused-ring (bicyclic) bond motifs is 1. The standard InChI is InChI=1S/C15H17N5OS/c1-10(21-9-11-5-3-2-4-6-11)7-13-17-8-12-14(22)18-15(16)19-20(12)13/h2-6,8,10H,7,9H2,1H3,(H3,16,18,19,22)/t10-/m1/s1. The molecule has 2 heterocycles. The normalized spacial score (nSPS) is 12.6. The minimum absolute atomic E-state index is 0.0159. The van der Waals surface area contributed by atoms with Gasteiger partial charge < -0.3 is 10.5 Å². The molecular weight excluding hydrogens is 298 g/mol. The van der Waals surface area contributed by atoms with Crippen LogP contribution in [0.2, 0.25) is 0 Å². The number of nitrogens with zero attached hydrogens (tertiary/aromatic N) is 3. The summed E-state index contributed by atoms with van der Waals surface area (Å²) in [5.74, 6) is 1.09. The van der Waals surface area contributed by atoms with E-state index in [0.717, 1.165) is 16.9 Å². The summed E-state index contributed by atoms with van der Waals surface area (Å²) in [6.07, 6.45) is 2.36. The summed E-state index contributed by atoms with van der Waals surface area (Å²) in [7, 11) is 0. The van der Waals surface area contributed by atoms with Crippen LogP contribution in [0.15, 0.2) is 36.5 Å². The van der Waals surface area contributed by atoms with Gasteiger partial charge in [-0.3, -0.25) is 5.10 Å². The molecule has 0 bridgehead atoms. The Morgan fingerprint density at radius 1 is 1.36 bits per heavy atom. The molecule has 3 N–H and O–H groups in total. The predicted octanol–water partition coefficient (Wildman–Crippen LogP) is 2.52. The number of nitrogens with two attached hydrogens (primary N) is 1. The zero-order chi connectivity index (χ0) is 15.5. The molecule has 0 saturated heterocycles. The zero-order valence-corrected chi connectivity index (χ0v) is 13.0. The van der Waals surface area contributed by atoms with Gasteiger partial charge in [0.15, 0.2) is 4.64 Å². The predicted molar refractivity (Wildman–Crippen MR) is 87.0 cm³/mol. The summed E-state index contributed by atoms with van der Waals surface area (Å²) in [6, 6.07) is 10.1. The summed E-state index contributed by atoms with van der Waals surface area (Å²) in [6.45, 7) is 2.59. The summed E-state index contributed by atoms with van der Waals surface area (Å²) in [5.41, 5.74) is 7.60. The van der Waals surface area contributed by atoms with Crippen LogP contribution in [0.1, 0.15) is 18.3 Å². The first-order chi connectivity index (χ1) is 10.6. The van der Waals surface area contributed by atoms with E-state index >= 15 is 0 Å². The number of hydrogen-bond acceptors (Lipinski definition) is 5. The third-order valence-corrected chi connectivity index (χ3v) is 3.65. The summed E-state index contributed by atoms with van der Waals surface area (Å²) in [5, 5.41) is 2.96. The van der Waals surface area contributed by atoms with Gasteiger partial charge in [-0.25, -0.2) is 14.5 Å². The lowest BCUT2D eigenvalue weighted by molar-refractivity contribution is 0.0520. The molecule has 0 aliphatic rings. The molecule has 0 unspecified atom stereocenters. The Hall–Kier alpha value is -2.25. The molecule has 7 heteroatoms. The fourth-order valence-electron chi connectivity index (χ4n) is 2.24.